The lowest BCUT2D eigenvalue weighted by Gasteiger charge is -2.13. The molecule has 32 heavy (non-hydrogen) atoms. The Bertz CT molecular complexity index is 1140. The second-order valence-electron chi connectivity index (χ2n) is 7.88. The normalized spacial score (nSPS) is 12.3. The fourth-order valence-electron chi connectivity index (χ4n) is 3.62. The first-order valence-corrected chi connectivity index (χ1v) is 10.7. The summed E-state index contributed by atoms with van der Waals surface area (Å²) in [5.41, 5.74) is 6.44. The highest BCUT2D eigenvalue weighted by atomic mass is 16.5. The van der Waals surface area contributed by atoms with E-state index in [2.05, 4.69) is 59.5 Å². The number of aliphatic imine (C=N–C) groups is 1. The number of benzene rings is 2. The third kappa shape index (κ3) is 6.18. The van der Waals surface area contributed by atoms with Crippen molar-refractivity contribution in [3.05, 3.63) is 113 Å². The molecule has 6 heteroatoms. The number of aryl methyl sites for hydroxylation is 2. The van der Waals surface area contributed by atoms with Crippen LogP contribution in [0.15, 0.2) is 84.1 Å². The number of nitrogens with zero attached hydrogens (tertiary/aromatic N) is 5. The monoisotopic (exact) mass is 425 g/mol. The summed E-state index contributed by atoms with van der Waals surface area (Å²) in [6.45, 7) is 5.73. The molecule has 0 aliphatic carbocycles. The van der Waals surface area contributed by atoms with Crippen LogP contribution < -0.4 is 0 Å². The van der Waals surface area contributed by atoms with Crippen molar-refractivity contribution in [3.8, 4) is 0 Å². The molecule has 0 fully saturated rings. The van der Waals surface area contributed by atoms with Gasteiger partial charge in [-0.1, -0.05) is 70.9 Å². The number of ether oxygens (including phenoxy) is 1. The Morgan fingerprint density at radius 2 is 1.78 bits per heavy atom. The van der Waals surface area contributed by atoms with Crippen molar-refractivity contribution in [2.45, 2.75) is 33.0 Å². The van der Waals surface area contributed by atoms with E-state index in [1.54, 1.807) is 12.4 Å². The van der Waals surface area contributed by atoms with Crippen LogP contribution in [0, 0.1) is 13.8 Å². The van der Waals surface area contributed by atoms with Gasteiger partial charge in [0.05, 0.1) is 37.7 Å². The van der Waals surface area contributed by atoms with Gasteiger partial charge in [-0.2, -0.15) is 0 Å². The van der Waals surface area contributed by atoms with Crippen molar-refractivity contribution in [2.75, 3.05) is 6.61 Å². The molecule has 0 saturated carbocycles. The van der Waals surface area contributed by atoms with Crippen LogP contribution in [0.4, 0.5) is 0 Å². The molecule has 0 unspecified atom stereocenters. The van der Waals surface area contributed by atoms with Crippen LogP contribution in [0.5, 0.6) is 0 Å². The zero-order valence-electron chi connectivity index (χ0n) is 18.4. The van der Waals surface area contributed by atoms with Gasteiger partial charge in [0.2, 0.25) is 0 Å². The second-order valence-corrected chi connectivity index (χ2v) is 7.88. The molecule has 0 radical (unpaired) electrons. The van der Waals surface area contributed by atoms with Crippen LogP contribution in [0.2, 0.25) is 0 Å². The van der Waals surface area contributed by atoms with Gasteiger partial charge in [0, 0.05) is 12.4 Å². The first-order chi connectivity index (χ1) is 15.7. The minimum Gasteiger partial charge on any atom is -0.372 e. The summed E-state index contributed by atoms with van der Waals surface area (Å²) in [6.07, 6.45) is 5.49. The first kappa shape index (κ1) is 21.6. The smallest absolute Gasteiger partial charge is 0.108 e. The summed E-state index contributed by atoms with van der Waals surface area (Å²) in [5, 5.41) is 8.51. The average Bonchev–Trinajstić information content (AvgIpc) is 3.23. The van der Waals surface area contributed by atoms with Crippen molar-refractivity contribution < 1.29 is 4.74 Å². The zero-order valence-corrected chi connectivity index (χ0v) is 18.4. The second kappa shape index (κ2) is 10.6. The van der Waals surface area contributed by atoms with Crippen molar-refractivity contribution in [2.24, 2.45) is 4.99 Å². The van der Waals surface area contributed by atoms with Crippen LogP contribution >= 0.6 is 0 Å². The Balaban J connectivity index is 1.37. The molecule has 4 aromatic rings. The summed E-state index contributed by atoms with van der Waals surface area (Å²) in [7, 11) is 0. The molecule has 0 saturated heterocycles. The molecular weight excluding hydrogens is 398 g/mol. The van der Waals surface area contributed by atoms with Crippen LogP contribution in [-0.4, -0.2) is 32.8 Å². The molecule has 2 heterocycles. The number of pyridine rings is 1. The van der Waals surface area contributed by atoms with E-state index in [0.717, 1.165) is 17.0 Å². The van der Waals surface area contributed by atoms with Gasteiger partial charge in [0.25, 0.3) is 0 Å². The molecule has 2 aromatic heterocycles. The molecule has 1 atom stereocenters. The SMILES string of the molecule is Cc1cc(C)cc(Cn2cc(COC[C@H](N=Cc3ccccn3)c3ccccc3)nn2)c1. The minimum atomic E-state index is -0.122. The van der Waals surface area contributed by atoms with E-state index in [1.165, 1.54) is 16.7 Å². The Morgan fingerprint density at radius 1 is 1.00 bits per heavy atom. The van der Waals surface area contributed by atoms with Crippen molar-refractivity contribution in [3.63, 3.8) is 0 Å². The van der Waals surface area contributed by atoms with Crippen molar-refractivity contribution in [1.29, 1.82) is 0 Å². The van der Waals surface area contributed by atoms with Crippen LogP contribution in [0.25, 0.3) is 0 Å². The van der Waals surface area contributed by atoms with Crippen LogP contribution in [0.3, 0.4) is 0 Å². The molecule has 4 rings (SSSR count). The van der Waals surface area contributed by atoms with Gasteiger partial charge >= 0.3 is 0 Å². The maximum Gasteiger partial charge on any atom is 0.108 e. The quantitative estimate of drug-likeness (QED) is 0.364. The van der Waals surface area contributed by atoms with E-state index in [4.69, 9.17) is 9.73 Å². The summed E-state index contributed by atoms with van der Waals surface area (Å²) in [4.78, 5) is 9.03. The molecule has 0 amide bonds. The Morgan fingerprint density at radius 3 is 2.53 bits per heavy atom. The third-order valence-corrected chi connectivity index (χ3v) is 5.00. The standard InChI is InChI=1S/C26H27N5O/c1-20-12-21(2)14-22(13-20)16-31-17-25(29-30-31)18-32-19-26(23-8-4-3-5-9-23)28-15-24-10-6-7-11-27-24/h3-15,17,26H,16,18-19H2,1-2H3/t26-/m0/s1. The van der Waals surface area contributed by atoms with Gasteiger partial charge in [0.1, 0.15) is 5.69 Å². The first-order valence-electron chi connectivity index (χ1n) is 10.7. The third-order valence-electron chi connectivity index (χ3n) is 5.00. The predicted octanol–water partition coefficient (Wildman–Crippen LogP) is 4.72. The number of hydrogen-bond acceptors (Lipinski definition) is 5. The fraction of sp³-hybridized carbons (Fsp3) is 0.231. The van der Waals surface area contributed by atoms with Crippen LogP contribution in [0.1, 0.15) is 39.7 Å². The van der Waals surface area contributed by atoms with E-state index in [0.29, 0.717) is 19.8 Å². The molecule has 0 aliphatic rings. The Labute approximate surface area is 188 Å². The van der Waals surface area contributed by atoms with Gasteiger partial charge in [-0.3, -0.25) is 9.98 Å². The summed E-state index contributed by atoms with van der Waals surface area (Å²) < 4.78 is 7.82. The van der Waals surface area contributed by atoms with Crippen molar-refractivity contribution in [1.82, 2.24) is 20.0 Å². The Kier molecular flexibility index (Phi) is 7.15. The highest BCUT2D eigenvalue weighted by Crippen LogP contribution is 2.18. The molecule has 0 aliphatic heterocycles. The summed E-state index contributed by atoms with van der Waals surface area (Å²) in [6, 6.07) is 22.3. The van der Waals surface area contributed by atoms with Gasteiger partial charge in [0.15, 0.2) is 0 Å². The molecule has 6 nitrogen and oxygen atoms in total. The predicted molar refractivity (Wildman–Crippen MR) is 126 cm³/mol. The summed E-state index contributed by atoms with van der Waals surface area (Å²) >= 11 is 0. The van der Waals surface area contributed by atoms with E-state index in [-0.39, 0.29) is 6.04 Å². The maximum atomic E-state index is 5.98. The van der Waals surface area contributed by atoms with E-state index >= 15 is 0 Å². The lowest BCUT2D eigenvalue weighted by Crippen LogP contribution is -2.07. The minimum absolute atomic E-state index is 0.122. The number of hydrogen-bond donors (Lipinski definition) is 0. The number of rotatable bonds is 9. The highest BCUT2D eigenvalue weighted by Gasteiger charge is 2.11. The molecule has 0 N–H and O–H groups in total. The van der Waals surface area contributed by atoms with Gasteiger partial charge < -0.3 is 4.74 Å². The van der Waals surface area contributed by atoms with E-state index in [1.807, 2.05) is 47.3 Å². The number of aromatic nitrogens is 4. The molecule has 2 aromatic carbocycles. The van der Waals surface area contributed by atoms with Gasteiger partial charge in [-0.25, -0.2) is 4.68 Å². The molecule has 0 bridgehead atoms. The molecule has 0 spiro atoms. The maximum absolute atomic E-state index is 5.98. The van der Waals surface area contributed by atoms with Crippen LogP contribution in [-0.2, 0) is 17.9 Å². The molecular formula is C26H27N5O. The highest BCUT2D eigenvalue weighted by molar-refractivity contribution is 5.76. The topological polar surface area (TPSA) is 65.2 Å². The van der Waals surface area contributed by atoms with Crippen molar-refractivity contribution >= 4 is 6.21 Å². The van der Waals surface area contributed by atoms with Gasteiger partial charge in [-0.15, -0.1) is 5.10 Å². The van der Waals surface area contributed by atoms with E-state index in [9.17, 15) is 0 Å². The Hall–Kier alpha value is -3.64. The van der Waals surface area contributed by atoms with Gasteiger partial charge in [-0.05, 0) is 37.1 Å². The largest absolute Gasteiger partial charge is 0.372 e. The lowest BCUT2D eigenvalue weighted by atomic mass is 10.1. The average molecular weight is 426 g/mol. The van der Waals surface area contributed by atoms with E-state index < -0.39 is 0 Å². The lowest BCUT2D eigenvalue weighted by molar-refractivity contribution is 0.106. The molecule has 162 valence electrons. The fourth-order valence-corrected chi connectivity index (χ4v) is 3.62. The zero-order chi connectivity index (χ0) is 22.2. The summed E-state index contributed by atoms with van der Waals surface area (Å²) in [5.74, 6) is 0.